The molecule has 0 atom stereocenters. The summed E-state index contributed by atoms with van der Waals surface area (Å²) in [6.45, 7) is 0.512. The van der Waals surface area contributed by atoms with Gasteiger partial charge in [-0.25, -0.2) is 9.59 Å². The lowest BCUT2D eigenvalue weighted by molar-refractivity contribution is -0.275. The van der Waals surface area contributed by atoms with Crippen LogP contribution in [0.2, 0.25) is 0 Å². The number of hydrogen-bond acceptors (Lipinski definition) is 11. The van der Waals surface area contributed by atoms with E-state index >= 15 is 0 Å². The maximum Gasteiger partial charge on any atom is 0.573 e. The lowest BCUT2D eigenvalue weighted by Gasteiger charge is -2.36. The number of ether oxygens (including phenoxy) is 8. The molecule has 0 spiro atoms. The first-order valence-electron chi connectivity index (χ1n) is 22.2. The molecule has 0 aliphatic heterocycles. The third kappa shape index (κ3) is 22.0. The van der Waals surface area contributed by atoms with Crippen molar-refractivity contribution in [3.8, 4) is 23.0 Å². The molecule has 12 nitrogen and oxygen atoms in total. The Hall–Kier alpha value is -7.41. The van der Waals surface area contributed by atoms with Gasteiger partial charge in [0.25, 0.3) is 0 Å². The number of halogens is 13. The lowest BCUT2D eigenvalue weighted by Crippen LogP contribution is -2.49. The van der Waals surface area contributed by atoms with E-state index in [1.54, 1.807) is 60.7 Å². The molecular formula is C52H47ClF12N2O10. The van der Waals surface area contributed by atoms with E-state index in [0.717, 1.165) is 54.1 Å². The molecule has 6 aromatic rings. The maximum absolute atomic E-state index is 13.0. The molecule has 0 unspecified atom stereocenters. The molecule has 0 aliphatic carbocycles. The van der Waals surface area contributed by atoms with Gasteiger partial charge in [0.1, 0.15) is 36.2 Å². The normalized spacial score (nSPS) is 11.9. The Morgan fingerprint density at radius 2 is 0.766 bits per heavy atom. The summed E-state index contributed by atoms with van der Waals surface area (Å²) >= 11 is 4.80. The highest BCUT2D eigenvalue weighted by Crippen LogP contribution is 2.40. The van der Waals surface area contributed by atoms with Crippen molar-refractivity contribution in [1.82, 2.24) is 5.32 Å². The fourth-order valence-electron chi connectivity index (χ4n) is 7.24. The predicted molar refractivity (Wildman–Crippen MR) is 254 cm³/mol. The van der Waals surface area contributed by atoms with Crippen LogP contribution in [0.5, 0.6) is 23.0 Å². The zero-order chi connectivity index (χ0) is 56.9. The maximum atomic E-state index is 13.0. The van der Waals surface area contributed by atoms with Crippen LogP contribution < -0.4 is 30.0 Å². The highest BCUT2D eigenvalue weighted by Gasteiger charge is 2.41. The van der Waals surface area contributed by atoms with Crippen molar-refractivity contribution in [2.75, 3.05) is 40.6 Å². The Morgan fingerprint density at radius 1 is 0.442 bits per heavy atom. The van der Waals surface area contributed by atoms with E-state index in [-0.39, 0.29) is 54.9 Å². The van der Waals surface area contributed by atoms with Gasteiger partial charge in [-0.3, -0.25) is 0 Å². The molecule has 416 valence electrons. The van der Waals surface area contributed by atoms with Gasteiger partial charge < -0.3 is 48.9 Å². The van der Waals surface area contributed by atoms with E-state index in [2.05, 4.69) is 33.7 Å². The second-order valence-electron chi connectivity index (χ2n) is 15.8. The van der Waals surface area contributed by atoms with Gasteiger partial charge in [0.15, 0.2) is 0 Å². The Labute approximate surface area is 437 Å². The number of rotatable bonds is 19. The summed E-state index contributed by atoms with van der Waals surface area (Å²) in [5.74, 6) is -2.17. The largest absolute Gasteiger partial charge is 0.573 e. The monoisotopic (exact) mass is 1120 g/mol. The highest BCUT2D eigenvalue weighted by atomic mass is 35.5. The molecule has 0 heterocycles. The topological polar surface area (TPSA) is 146 Å². The van der Waals surface area contributed by atoms with Gasteiger partial charge in [0, 0.05) is 32.2 Å². The number of benzene rings is 6. The SMILES string of the molecule is COCCOC(=O)Cl.COCCOC(=O)NC(Cc1ccccc1)(c1cccc(OC(F)(F)F)c1)c1cccc(OC(F)(F)F)c1.NC(Cc1ccccc1)(c1cccc(OC(F)(F)F)c1)c1cccc(OC(F)(F)F)c1. The van der Waals surface area contributed by atoms with E-state index in [1.165, 1.54) is 62.8 Å². The van der Waals surface area contributed by atoms with Crippen LogP contribution >= 0.6 is 11.6 Å². The predicted octanol–water partition coefficient (Wildman–Crippen LogP) is 13.3. The summed E-state index contributed by atoms with van der Waals surface area (Å²) < 4.78 is 189. The minimum absolute atomic E-state index is 0.0585. The van der Waals surface area contributed by atoms with E-state index in [9.17, 15) is 62.3 Å². The molecule has 6 aromatic carbocycles. The zero-order valence-corrected chi connectivity index (χ0v) is 41.1. The van der Waals surface area contributed by atoms with Crippen molar-refractivity contribution in [2.24, 2.45) is 5.73 Å². The van der Waals surface area contributed by atoms with Crippen molar-refractivity contribution in [2.45, 2.75) is 49.4 Å². The number of carbonyl (C=O) groups is 2. The van der Waals surface area contributed by atoms with Crippen LogP contribution in [0.25, 0.3) is 0 Å². The van der Waals surface area contributed by atoms with Crippen LogP contribution in [0.4, 0.5) is 62.3 Å². The van der Waals surface area contributed by atoms with Crippen LogP contribution in [0.15, 0.2) is 158 Å². The average molecular weight is 1120 g/mol. The number of nitrogens with one attached hydrogen (secondary N) is 1. The van der Waals surface area contributed by atoms with Crippen molar-refractivity contribution in [1.29, 1.82) is 0 Å². The van der Waals surface area contributed by atoms with Gasteiger partial charge >= 0.3 is 37.0 Å². The standard InChI is InChI=1S/C26H23F6NO5.C22H17F6NO2.C4H7ClO3/c1-35-13-14-36-23(34)33-24(17-18-7-3-2-4-8-18,19-9-5-11-21(15-19)37-25(27,28)29)20-10-6-12-22(16-20)38-26(30,31)32;23-21(24,25)30-18-10-4-8-16(12-18)20(29,14-15-6-2-1-3-7-15)17-9-5-11-19(13-17)31-22(26,27)28;1-7-2-3-8-4(5)6/h2-12,15-16H,13-14,17H2,1H3,(H,33,34);1-13H,14,29H2;2-3H2,1H3. The van der Waals surface area contributed by atoms with Crippen molar-refractivity contribution in [3.05, 3.63) is 191 Å². The minimum atomic E-state index is -5.01. The summed E-state index contributed by atoms with van der Waals surface area (Å²) in [4.78, 5) is 22.7. The van der Waals surface area contributed by atoms with Crippen molar-refractivity contribution >= 4 is 23.1 Å². The van der Waals surface area contributed by atoms with Gasteiger partial charge in [0.2, 0.25) is 0 Å². The van der Waals surface area contributed by atoms with Crippen LogP contribution in [0.1, 0.15) is 33.4 Å². The number of amides is 1. The first kappa shape index (κ1) is 62.1. The minimum Gasteiger partial charge on any atom is -0.451 e. The lowest BCUT2D eigenvalue weighted by atomic mass is 9.78. The second-order valence-corrected chi connectivity index (χ2v) is 16.1. The third-order valence-corrected chi connectivity index (χ3v) is 10.4. The zero-order valence-electron chi connectivity index (χ0n) is 40.3. The summed E-state index contributed by atoms with van der Waals surface area (Å²) in [7, 11) is 2.90. The Kier molecular flexibility index (Phi) is 22.7. The number of methoxy groups -OCH3 is 2. The van der Waals surface area contributed by atoms with Crippen LogP contribution in [0, 0.1) is 0 Å². The molecule has 0 aromatic heterocycles. The van der Waals surface area contributed by atoms with Crippen molar-refractivity contribution < 1.29 is 100 Å². The number of hydrogen-bond donors (Lipinski definition) is 2. The van der Waals surface area contributed by atoms with Gasteiger partial charge in [0.05, 0.1) is 24.3 Å². The van der Waals surface area contributed by atoms with E-state index in [4.69, 9.17) is 26.8 Å². The van der Waals surface area contributed by atoms with Crippen LogP contribution in [0.3, 0.4) is 0 Å². The van der Waals surface area contributed by atoms with Gasteiger partial charge in [-0.1, -0.05) is 109 Å². The first-order valence-corrected chi connectivity index (χ1v) is 22.6. The van der Waals surface area contributed by atoms with Gasteiger partial charge in [-0.15, -0.1) is 52.7 Å². The number of alkyl halides is 12. The molecule has 3 N–H and O–H groups in total. The molecule has 0 saturated heterocycles. The Bertz CT molecular complexity index is 2650. The molecule has 0 radical (unpaired) electrons. The molecule has 77 heavy (non-hydrogen) atoms. The molecule has 0 fully saturated rings. The Balaban J connectivity index is 0.000000295. The summed E-state index contributed by atoms with van der Waals surface area (Å²) in [5, 5.41) is 2.66. The fraction of sp³-hybridized carbons (Fsp3) is 0.269. The third-order valence-electron chi connectivity index (χ3n) is 10.3. The van der Waals surface area contributed by atoms with Gasteiger partial charge in [-0.2, -0.15) is 0 Å². The Morgan fingerprint density at radius 3 is 1.10 bits per heavy atom. The van der Waals surface area contributed by atoms with Gasteiger partial charge in [-0.05, 0) is 88.3 Å². The fourth-order valence-corrected chi connectivity index (χ4v) is 7.32. The van der Waals surface area contributed by atoms with E-state index in [1.807, 2.05) is 0 Å². The molecule has 0 saturated carbocycles. The smallest absolute Gasteiger partial charge is 0.451 e. The summed E-state index contributed by atoms with van der Waals surface area (Å²) in [6, 6.07) is 37.0. The van der Waals surface area contributed by atoms with Crippen LogP contribution in [-0.4, -0.2) is 77.6 Å². The molecule has 0 aliphatic rings. The van der Waals surface area contributed by atoms with E-state index < -0.39 is 71.0 Å². The van der Waals surface area contributed by atoms with E-state index in [0.29, 0.717) is 12.2 Å². The second kappa shape index (κ2) is 28.1. The highest BCUT2D eigenvalue weighted by molar-refractivity contribution is 6.61. The molecule has 6 rings (SSSR count). The first-order chi connectivity index (χ1) is 36.1. The molecular weight excluding hydrogens is 1080 g/mol. The number of nitrogens with two attached hydrogens (primary N) is 1. The quantitative estimate of drug-likeness (QED) is 0.0454. The average Bonchev–Trinajstić information content (AvgIpc) is 3.33. The summed E-state index contributed by atoms with van der Waals surface area (Å²) in [5.41, 5.74) is 4.62. The number of alkyl carbamates (subject to hydrolysis) is 1. The summed E-state index contributed by atoms with van der Waals surface area (Å²) in [6.07, 6.45) is -20.8. The molecule has 1 amide bonds. The van der Waals surface area contributed by atoms with Crippen molar-refractivity contribution in [3.63, 3.8) is 0 Å². The molecule has 25 heteroatoms. The molecule has 0 bridgehead atoms. The van der Waals surface area contributed by atoms with Crippen LogP contribution in [-0.2, 0) is 42.9 Å². The number of carbonyl (C=O) groups excluding carboxylic acids is 2.